The van der Waals surface area contributed by atoms with Gasteiger partial charge in [0, 0.05) is 19.4 Å². The lowest BCUT2D eigenvalue weighted by atomic mass is 10.0. The van der Waals surface area contributed by atoms with Crippen LogP contribution in [0.5, 0.6) is 0 Å². The molecule has 0 aromatic rings. The fraction of sp³-hybridized carbons (Fsp3) is 1.00. The fourth-order valence-corrected chi connectivity index (χ4v) is 1.67. The largest absolute Gasteiger partial charge is 0.393 e. The van der Waals surface area contributed by atoms with Crippen molar-refractivity contribution in [2.75, 3.05) is 13.1 Å². The van der Waals surface area contributed by atoms with Crippen LogP contribution in [0.3, 0.4) is 0 Å². The first-order chi connectivity index (χ1) is 7.99. The SMILES string of the molecule is NCC(O)CC(O)CCCC(O)CC(O)C[NH3+]. The molecule has 0 saturated carbocycles. The second kappa shape index (κ2) is 9.76. The molecular formula is C11H27N2O4+. The van der Waals surface area contributed by atoms with Gasteiger partial charge in [-0.3, -0.25) is 0 Å². The van der Waals surface area contributed by atoms with Crippen molar-refractivity contribution < 1.29 is 26.2 Å². The van der Waals surface area contributed by atoms with Crippen LogP contribution in [0.1, 0.15) is 32.1 Å². The van der Waals surface area contributed by atoms with E-state index in [1.165, 1.54) is 0 Å². The van der Waals surface area contributed by atoms with Crippen molar-refractivity contribution in [1.29, 1.82) is 0 Å². The zero-order chi connectivity index (χ0) is 13.3. The van der Waals surface area contributed by atoms with Crippen molar-refractivity contribution in [3.05, 3.63) is 0 Å². The smallest absolute Gasteiger partial charge is 0.105 e. The van der Waals surface area contributed by atoms with Gasteiger partial charge in [-0.15, -0.1) is 0 Å². The average molecular weight is 251 g/mol. The Kier molecular flexibility index (Phi) is 9.62. The van der Waals surface area contributed by atoms with E-state index in [2.05, 4.69) is 5.73 Å². The summed E-state index contributed by atoms with van der Waals surface area (Å²) >= 11 is 0. The summed E-state index contributed by atoms with van der Waals surface area (Å²) in [6, 6.07) is 0. The van der Waals surface area contributed by atoms with E-state index in [1.807, 2.05) is 0 Å². The Morgan fingerprint density at radius 3 is 1.71 bits per heavy atom. The van der Waals surface area contributed by atoms with Crippen molar-refractivity contribution >= 4 is 0 Å². The summed E-state index contributed by atoms with van der Waals surface area (Å²) in [6.45, 7) is 0.539. The van der Waals surface area contributed by atoms with E-state index < -0.39 is 24.4 Å². The molecule has 0 aliphatic heterocycles. The maximum absolute atomic E-state index is 9.55. The third-order valence-electron chi connectivity index (χ3n) is 2.77. The first-order valence-electron chi connectivity index (χ1n) is 6.21. The molecule has 0 radical (unpaired) electrons. The Labute approximate surface area is 102 Å². The molecule has 0 spiro atoms. The maximum Gasteiger partial charge on any atom is 0.105 e. The Hall–Kier alpha value is -0.240. The Balaban J connectivity index is 3.55. The molecule has 0 aliphatic carbocycles. The van der Waals surface area contributed by atoms with Crippen LogP contribution in [0.25, 0.3) is 0 Å². The number of aliphatic hydroxyl groups is 4. The Bertz CT molecular complexity index is 165. The monoisotopic (exact) mass is 251 g/mol. The highest BCUT2D eigenvalue weighted by molar-refractivity contribution is 4.67. The van der Waals surface area contributed by atoms with E-state index in [4.69, 9.17) is 5.73 Å². The topological polar surface area (TPSA) is 135 Å². The van der Waals surface area contributed by atoms with Gasteiger partial charge in [0.05, 0.1) is 18.3 Å². The van der Waals surface area contributed by atoms with E-state index in [0.29, 0.717) is 32.2 Å². The summed E-state index contributed by atoms with van der Waals surface area (Å²) < 4.78 is 0. The van der Waals surface area contributed by atoms with Gasteiger partial charge >= 0.3 is 0 Å². The van der Waals surface area contributed by atoms with Crippen LogP contribution in [0.15, 0.2) is 0 Å². The summed E-state index contributed by atoms with van der Waals surface area (Å²) in [5.41, 5.74) is 8.78. The van der Waals surface area contributed by atoms with Gasteiger partial charge < -0.3 is 31.9 Å². The minimum absolute atomic E-state index is 0.148. The summed E-state index contributed by atoms with van der Waals surface area (Å²) in [7, 11) is 0. The van der Waals surface area contributed by atoms with Gasteiger partial charge in [-0.1, -0.05) is 0 Å². The van der Waals surface area contributed by atoms with Crippen LogP contribution >= 0.6 is 0 Å². The highest BCUT2D eigenvalue weighted by Crippen LogP contribution is 2.11. The van der Waals surface area contributed by atoms with Gasteiger partial charge in [-0.25, -0.2) is 0 Å². The second-order valence-corrected chi connectivity index (χ2v) is 4.54. The Morgan fingerprint density at radius 2 is 1.29 bits per heavy atom. The minimum atomic E-state index is -0.664. The van der Waals surface area contributed by atoms with E-state index in [9.17, 15) is 20.4 Å². The standard InChI is InChI=1S/C11H26N2O4/c12-6-10(16)4-8(14)2-1-3-9(15)5-11(17)7-13/h8-11,14-17H,1-7,12-13H2/p+1. The third-order valence-corrected chi connectivity index (χ3v) is 2.77. The zero-order valence-corrected chi connectivity index (χ0v) is 10.3. The molecule has 6 heteroatoms. The molecule has 0 saturated heterocycles. The predicted molar refractivity (Wildman–Crippen MR) is 63.9 cm³/mol. The highest BCUT2D eigenvalue weighted by Gasteiger charge is 2.14. The molecule has 0 fully saturated rings. The lowest BCUT2D eigenvalue weighted by Gasteiger charge is -2.16. The average Bonchev–Trinajstić information content (AvgIpc) is 2.28. The molecule has 0 aliphatic rings. The number of quaternary nitrogens is 1. The zero-order valence-electron chi connectivity index (χ0n) is 10.3. The summed E-state index contributed by atoms with van der Waals surface area (Å²) in [6.07, 6.45) is -0.0573. The molecule has 104 valence electrons. The molecule has 6 nitrogen and oxygen atoms in total. The van der Waals surface area contributed by atoms with Gasteiger partial charge in [-0.05, 0) is 19.3 Å². The molecule has 9 N–H and O–H groups in total. The minimum Gasteiger partial charge on any atom is -0.393 e. The van der Waals surface area contributed by atoms with Crippen LogP contribution < -0.4 is 11.5 Å². The molecule has 0 aromatic carbocycles. The first kappa shape index (κ1) is 16.8. The lowest BCUT2D eigenvalue weighted by Crippen LogP contribution is -2.56. The summed E-state index contributed by atoms with van der Waals surface area (Å²) in [4.78, 5) is 0. The van der Waals surface area contributed by atoms with Crippen molar-refractivity contribution in [1.82, 2.24) is 0 Å². The van der Waals surface area contributed by atoms with Crippen molar-refractivity contribution in [2.24, 2.45) is 5.73 Å². The fourth-order valence-electron chi connectivity index (χ4n) is 1.67. The molecule has 17 heavy (non-hydrogen) atoms. The maximum atomic E-state index is 9.55. The van der Waals surface area contributed by atoms with Gasteiger partial charge in [0.25, 0.3) is 0 Å². The van der Waals surface area contributed by atoms with Crippen LogP contribution in [-0.2, 0) is 0 Å². The van der Waals surface area contributed by atoms with Crippen LogP contribution in [0.4, 0.5) is 0 Å². The summed E-state index contributed by atoms with van der Waals surface area (Å²) in [5.74, 6) is 0. The molecule has 4 unspecified atom stereocenters. The van der Waals surface area contributed by atoms with Crippen LogP contribution in [-0.4, -0.2) is 57.9 Å². The second-order valence-electron chi connectivity index (χ2n) is 4.54. The van der Waals surface area contributed by atoms with Crippen LogP contribution in [0.2, 0.25) is 0 Å². The number of rotatable bonds is 10. The van der Waals surface area contributed by atoms with Gasteiger partial charge in [0.1, 0.15) is 12.6 Å². The molecule has 0 rings (SSSR count). The highest BCUT2D eigenvalue weighted by atomic mass is 16.3. The predicted octanol–water partition coefficient (Wildman–Crippen LogP) is -2.42. The van der Waals surface area contributed by atoms with E-state index >= 15 is 0 Å². The number of hydrogen-bond donors (Lipinski definition) is 6. The van der Waals surface area contributed by atoms with E-state index in [1.54, 1.807) is 0 Å². The molecule has 0 heterocycles. The van der Waals surface area contributed by atoms with E-state index in [-0.39, 0.29) is 13.0 Å². The lowest BCUT2D eigenvalue weighted by molar-refractivity contribution is -0.384. The molecule has 0 amide bonds. The normalized spacial score (nSPS) is 18.7. The number of aliphatic hydroxyl groups excluding tert-OH is 4. The molecular weight excluding hydrogens is 224 g/mol. The van der Waals surface area contributed by atoms with Crippen molar-refractivity contribution in [3.8, 4) is 0 Å². The van der Waals surface area contributed by atoms with Crippen molar-refractivity contribution in [3.63, 3.8) is 0 Å². The van der Waals surface area contributed by atoms with Gasteiger partial charge in [0.15, 0.2) is 0 Å². The van der Waals surface area contributed by atoms with E-state index in [0.717, 1.165) is 0 Å². The molecule has 0 aromatic heterocycles. The number of nitrogens with two attached hydrogens (primary N) is 1. The molecule has 4 atom stereocenters. The first-order valence-corrected chi connectivity index (χ1v) is 6.21. The van der Waals surface area contributed by atoms with Crippen molar-refractivity contribution in [2.45, 2.75) is 56.5 Å². The third kappa shape index (κ3) is 9.46. The number of hydrogen-bond acceptors (Lipinski definition) is 5. The van der Waals surface area contributed by atoms with Gasteiger partial charge in [0.2, 0.25) is 0 Å². The van der Waals surface area contributed by atoms with Crippen LogP contribution in [0, 0.1) is 0 Å². The van der Waals surface area contributed by atoms with Gasteiger partial charge in [-0.2, -0.15) is 0 Å². The summed E-state index contributed by atoms with van der Waals surface area (Å²) in [5, 5.41) is 37.6. The molecule has 0 bridgehead atoms. The quantitative estimate of drug-likeness (QED) is 0.257. The Morgan fingerprint density at radius 1 is 0.824 bits per heavy atom.